The number of anilines is 1. The van der Waals surface area contributed by atoms with Crippen molar-refractivity contribution in [2.75, 3.05) is 18.0 Å². The van der Waals surface area contributed by atoms with Crippen molar-refractivity contribution < 1.29 is 0 Å². The zero-order valence-corrected chi connectivity index (χ0v) is 17.2. The van der Waals surface area contributed by atoms with E-state index in [0.29, 0.717) is 0 Å². The molecule has 3 heterocycles. The van der Waals surface area contributed by atoms with E-state index >= 15 is 0 Å². The lowest BCUT2D eigenvalue weighted by molar-refractivity contribution is 0.435. The van der Waals surface area contributed by atoms with Gasteiger partial charge in [-0.05, 0) is 54.7 Å². The molecule has 1 aliphatic heterocycles. The van der Waals surface area contributed by atoms with Crippen molar-refractivity contribution in [3.8, 4) is 22.4 Å². The summed E-state index contributed by atoms with van der Waals surface area (Å²) < 4.78 is 0. The van der Waals surface area contributed by atoms with Gasteiger partial charge in [0.25, 0.3) is 0 Å². The minimum Gasteiger partial charge on any atom is -0.342 e. The van der Waals surface area contributed by atoms with Crippen LogP contribution in [0.1, 0.15) is 19.8 Å². The second-order valence-corrected chi connectivity index (χ2v) is 8.34. The van der Waals surface area contributed by atoms with Crippen LogP contribution in [-0.4, -0.2) is 28.0 Å². The van der Waals surface area contributed by atoms with E-state index in [1.54, 1.807) is 0 Å². The number of imidazole rings is 1. The Bertz CT molecular complexity index is 1120. The van der Waals surface area contributed by atoms with Gasteiger partial charge >= 0.3 is 0 Å². The van der Waals surface area contributed by atoms with Crippen LogP contribution in [0.3, 0.4) is 0 Å². The van der Waals surface area contributed by atoms with Gasteiger partial charge in [-0.25, -0.2) is 4.98 Å². The van der Waals surface area contributed by atoms with Gasteiger partial charge in [0.2, 0.25) is 5.95 Å². The van der Waals surface area contributed by atoms with Crippen LogP contribution in [0.15, 0.2) is 60.8 Å². The number of piperidine rings is 1. The summed E-state index contributed by atoms with van der Waals surface area (Å²) in [4.78, 5) is 15.3. The second-order valence-electron chi connectivity index (χ2n) is 7.90. The molecule has 2 aromatic carbocycles. The van der Waals surface area contributed by atoms with E-state index in [1.165, 1.54) is 12.8 Å². The molecule has 0 amide bonds. The number of pyridine rings is 1. The van der Waals surface area contributed by atoms with Crippen LogP contribution >= 0.6 is 11.6 Å². The summed E-state index contributed by atoms with van der Waals surface area (Å²) in [5.41, 5.74) is 6.28. The molecule has 1 fully saturated rings. The van der Waals surface area contributed by atoms with Gasteiger partial charge in [-0.1, -0.05) is 42.8 Å². The fourth-order valence-corrected chi connectivity index (χ4v) is 4.03. The molecule has 0 spiro atoms. The predicted molar refractivity (Wildman–Crippen MR) is 120 cm³/mol. The average molecular weight is 403 g/mol. The number of hydrogen-bond donors (Lipinski definition) is 1. The maximum absolute atomic E-state index is 5.98. The highest BCUT2D eigenvalue weighted by atomic mass is 35.5. The molecule has 5 rings (SSSR count). The number of hydrogen-bond acceptors (Lipinski definition) is 3. The van der Waals surface area contributed by atoms with Crippen LogP contribution in [0.5, 0.6) is 0 Å². The molecule has 2 aromatic heterocycles. The monoisotopic (exact) mass is 402 g/mol. The van der Waals surface area contributed by atoms with Crippen LogP contribution < -0.4 is 4.90 Å². The lowest BCUT2D eigenvalue weighted by Crippen LogP contribution is -2.33. The van der Waals surface area contributed by atoms with Gasteiger partial charge in [0.05, 0.1) is 16.7 Å². The van der Waals surface area contributed by atoms with Crippen molar-refractivity contribution in [2.24, 2.45) is 5.92 Å². The second kappa shape index (κ2) is 7.53. The number of nitrogens with one attached hydrogen (secondary N) is 1. The van der Waals surface area contributed by atoms with E-state index in [9.17, 15) is 0 Å². The SMILES string of the molecule is CC1CCN(c2nc3ccc(-c4ccc(-c5ccc(Cl)cc5)cn4)cc3[nH]2)CC1. The zero-order chi connectivity index (χ0) is 19.8. The summed E-state index contributed by atoms with van der Waals surface area (Å²) in [6.07, 6.45) is 4.37. The third-order valence-electron chi connectivity index (χ3n) is 5.79. The summed E-state index contributed by atoms with van der Waals surface area (Å²) in [7, 11) is 0. The Hall–Kier alpha value is -2.85. The summed E-state index contributed by atoms with van der Waals surface area (Å²) in [6.45, 7) is 4.47. The smallest absolute Gasteiger partial charge is 0.203 e. The Morgan fingerprint density at radius 3 is 2.38 bits per heavy atom. The number of rotatable bonds is 3. The van der Waals surface area contributed by atoms with Crippen LogP contribution in [-0.2, 0) is 0 Å². The van der Waals surface area contributed by atoms with Crippen LogP contribution in [0.2, 0.25) is 5.02 Å². The highest BCUT2D eigenvalue weighted by molar-refractivity contribution is 6.30. The van der Waals surface area contributed by atoms with Crippen LogP contribution in [0, 0.1) is 5.92 Å². The Balaban J connectivity index is 1.40. The van der Waals surface area contributed by atoms with E-state index in [4.69, 9.17) is 16.6 Å². The Kier molecular flexibility index (Phi) is 4.72. The third-order valence-corrected chi connectivity index (χ3v) is 6.04. The Morgan fingerprint density at radius 2 is 1.66 bits per heavy atom. The van der Waals surface area contributed by atoms with Crippen molar-refractivity contribution >= 4 is 28.6 Å². The maximum Gasteiger partial charge on any atom is 0.203 e. The largest absolute Gasteiger partial charge is 0.342 e. The molecule has 4 nitrogen and oxygen atoms in total. The summed E-state index contributed by atoms with van der Waals surface area (Å²) >= 11 is 5.98. The van der Waals surface area contributed by atoms with Crippen molar-refractivity contribution in [3.05, 3.63) is 65.8 Å². The molecule has 0 unspecified atom stereocenters. The highest BCUT2D eigenvalue weighted by Gasteiger charge is 2.18. The Labute approximate surface area is 175 Å². The lowest BCUT2D eigenvalue weighted by atomic mass is 10.00. The van der Waals surface area contributed by atoms with Gasteiger partial charge in [0.15, 0.2) is 0 Å². The number of halogens is 1. The topological polar surface area (TPSA) is 44.8 Å². The molecule has 0 atom stereocenters. The Morgan fingerprint density at radius 1 is 0.931 bits per heavy atom. The highest BCUT2D eigenvalue weighted by Crippen LogP contribution is 2.28. The van der Waals surface area contributed by atoms with Gasteiger partial charge in [0.1, 0.15) is 0 Å². The molecule has 29 heavy (non-hydrogen) atoms. The number of benzene rings is 2. The molecule has 0 radical (unpaired) electrons. The molecule has 5 heteroatoms. The quantitative estimate of drug-likeness (QED) is 0.445. The van der Waals surface area contributed by atoms with Gasteiger partial charge in [0, 0.05) is 35.4 Å². The first-order valence-electron chi connectivity index (χ1n) is 10.1. The molecule has 1 aliphatic rings. The maximum atomic E-state index is 5.98. The summed E-state index contributed by atoms with van der Waals surface area (Å²) in [5, 5.41) is 0.740. The molecule has 146 valence electrons. The summed E-state index contributed by atoms with van der Waals surface area (Å²) in [6, 6.07) is 18.3. The van der Waals surface area contributed by atoms with Crippen molar-refractivity contribution in [2.45, 2.75) is 19.8 Å². The molecule has 0 bridgehead atoms. The fourth-order valence-electron chi connectivity index (χ4n) is 3.90. The first kappa shape index (κ1) is 18.2. The minimum absolute atomic E-state index is 0.740. The van der Waals surface area contributed by atoms with Crippen molar-refractivity contribution in [3.63, 3.8) is 0 Å². The zero-order valence-electron chi connectivity index (χ0n) is 16.4. The van der Waals surface area contributed by atoms with E-state index < -0.39 is 0 Å². The van der Waals surface area contributed by atoms with E-state index in [1.807, 2.05) is 30.5 Å². The standard InChI is InChI=1S/C24H23ClN4/c1-16-10-12-29(13-11-16)24-27-22-9-4-18(14-23(22)28-24)21-8-5-19(15-26-21)17-2-6-20(25)7-3-17/h2-9,14-16H,10-13H2,1H3,(H,27,28). The number of fused-ring (bicyclic) bond motifs is 1. The summed E-state index contributed by atoms with van der Waals surface area (Å²) in [5.74, 6) is 1.79. The van der Waals surface area contributed by atoms with Gasteiger partial charge in [-0.15, -0.1) is 0 Å². The van der Waals surface area contributed by atoms with E-state index in [-0.39, 0.29) is 0 Å². The number of aromatic amines is 1. The van der Waals surface area contributed by atoms with E-state index in [0.717, 1.165) is 63.4 Å². The molecular formula is C24H23ClN4. The number of aromatic nitrogens is 3. The molecule has 1 N–H and O–H groups in total. The number of nitrogens with zero attached hydrogens (tertiary/aromatic N) is 3. The first-order valence-corrected chi connectivity index (χ1v) is 10.5. The molecule has 0 saturated carbocycles. The lowest BCUT2D eigenvalue weighted by Gasteiger charge is -2.29. The third kappa shape index (κ3) is 3.73. The first-order chi connectivity index (χ1) is 14.2. The van der Waals surface area contributed by atoms with E-state index in [2.05, 4.69) is 52.1 Å². The van der Waals surface area contributed by atoms with Crippen LogP contribution in [0.25, 0.3) is 33.4 Å². The molecular weight excluding hydrogens is 380 g/mol. The minimum atomic E-state index is 0.740. The van der Waals surface area contributed by atoms with Crippen molar-refractivity contribution in [1.82, 2.24) is 15.0 Å². The fraction of sp³-hybridized carbons (Fsp3) is 0.250. The number of H-pyrrole nitrogens is 1. The predicted octanol–water partition coefficient (Wildman–Crippen LogP) is 6.18. The van der Waals surface area contributed by atoms with Gasteiger partial charge in [-0.3, -0.25) is 4.98 Å². The molecule has 4 aromatic rings. The van der Waals surface area contributed by atoms with Gasteiger partial charge < -0.3 is 9.88 Å². The average Bonchev–Trinajstić information content (AvgIpc) is 3.18. The van der Waals surface area contributed by atoms with Gasteiger partial charge in [-0.2, -0.15) is 0 Å². The normalized spacial score (nSPS) is 15.2. The molecule has 1 saturated heterocycles. The van der Waals surface area contributed by atoms with Crippen molar-refractivity contribution in [1.29, 1.82) is 0 Å². The van der Waals surface area contributed by atoms with Crippen LogP contribution in [0.4, 0.5) is 5.95 Å². The molecule has 0 aliphatic carbocycles.